The molecule has 2 heterocycles. The van der Waals surface area contributed by atoms with Gasteiger partial charge in [0.15, 0.2) is 0 Å². The molecule has 0 aliphatic rings. The average Bonchev–Trinajstić information content (AvgIpc) is 3.26. The summed E-state index contributed by atoms with van der Waals surface area (Å²) in [5.41, 5.74) is 2.03. The summed E-state index contributed by atoms with van der Waals surface area (Å²) in [6.07, 6.45) is 4.44. The second kappa shape index (κ2) is 8.26. The van der Waals surface area contributed by atoms with Crippen molar-refractivity contribution in [3.8, 4) is 0 Å². The number of nitrogens with one attached hydrogen (secondary N) is 2. The van der Waals surface area contributed by atoms with E-state index in [1.54, 1.807) is 17.5 Å². The molecule has 124 valence electrons. The third-order valence-corrected chi connectivity index (χ3v) is 4.26. The van der Waals surface area contributed by atoms with Crippen LogP contribution >= 0.6 is 11.3 Å². The fourth-order valence-electron chi connectivity index (χ4n) is 2.25. The molecule has 1 aromatic carbocycles. The lowest BCUT2D eigenvalue weighted by molar-refractivity contribution is 0.240. The van der Waals surface area contributed by atoms with E-state index in [-0.39, 0.29) is 6.03 Å². The van der Waals surface area contributed by atoms with Crippen LogP contribution in [0.5, 0.6) is 0 Å². The Morgan fingerprint density at radius 2 is 2.04 bits per heavy atom. The first-order chi connectivity index (χ1) is 11.8. The van der Waals surface area contributed by atoms with Crippen LogP contribution in [0.3, 0.4) is 0 Å². The number of aromatic nitrogens is 3. The molecular weight excluding hydrogens is 322 g/mol. The van der Waals surface area contributed by atoms with Crippen LogP contribution in [0.4, 0.5) is 4.79 Å². The number of urea groups is 1. The summed E-state index contributed by atoms with van der Waals surface area (Å²) in [6, 6.07) is 11.9. The highest BCUT2D eigenvalue weighted by Gasteiger charge is 2.04. The van der Waals surface area contributed by atoms with Crippen LogP contribution in [-0.4, -0.2) is 27.3 Å². The number of hydrogen-bond acceptors (Lipinski definition) is 4. The Morgan fingerprint density at radius 3 is 2.83 bits per heavy atom. The van der Waals surface area contributed by atoms with Gasteiger partial charge in [-0.15, -0.1) is 11.3 Å². The smallest absolute Gasteiger partial charge is 0.315 e. The van der Waals surface area contributed by atoms with Crippen LogP contribution in [-0.2, 0) is 19.5 Å². The topological polar surface area (TPSA) is 71.8 Å². The number of nitrogens with zero attached hydrogens (tertiary/aromatic N) is 3. The molecule has 7 heteroatoms. The fraction of sp³-hybridized carbons (Fsp3) is 0.235. The maximum atomic E-state index is 11.8. The summed E-state index contributed by atoms with van der Waals surface area (Å²) in [5.74, 6) is 0. The van der Waals surface area contributed by atoms with Gasteiger partial charge in [0.25, 0.3) is 0 Å². The monoisotopic (exact) mass is 341 g/mol. The highest BCUT2D eigenvalue weighted by molar-refractivity contribution is 7.09. The maximum Gasteiger partial charge on any atom is 0.315 e. The molecule has 0 aliphatic carbocycles. The van der Waals surface area contributed by atoms with E-state index >= 15 is 0 Å². The maximum absolute atomic E-state index is 11.8. The molecule has 3 rings (SSSR count). The second-order valence-electron chi connectivity index (χ2n) is 5.28. The van der Waals surface area contributed by atoms with Crippen LogP contribution in [0.1, 0.15) is 16.3 Å². The number of rotatable bonds is 7. The van der Waals surface area contributed by atoms with E-state index < -0.39 is 0 Å². The summed E-state index contributed by atoms with van der Waals surface area (Å²) >= 11 is 1.59. The molecular formula is C17H19N5OS. The Labute approximate surface area is 144 Å². The molecule has 0 unspecified atom stereocenters. The number of amides is 2. The Bertz CT molecular complexity index is 754. The zero-order valence-electron chi connectivity index (χ0n) is 13.2. The Hall–Kier alpha value is -2.67. The van der Waals surface area contributed by atoms with Crippen molar-refractivity contribution in [3.63, 3.8) is 0 Å². The third-order valence-electron chi connectivity index (χ3n) is 3.42. The molecule has 2 aromatic heterocycles. The van der Waals surface area contributed by atoms with Crippen LogP contribution in [0.15, 0.2) is 54.2 Å². The molecule has 0 atom stereocenters. The van der Waals surface area contributed by atoms with E-state index in [0.717, 1.165) is 23.7 Å². The van der Waals surface area contributed by atoms with Gasteiger partial charge >= 0.3 is 6.03 Å². The minimum absolute atomic E-state index is 0.191. The van der Waals surface area contributed by atoms with E-state index in [1.807, 2.05) is 40.5 Å². The first-order valence-corrected chi connectivity index (χ1v) is 8.64. The summed E-state index contributed by atoms with van der Waals surface area (Å²) in [6.45, 7) is 1.70. The fourth-order valence-corrected chi connectivity index (χ4v) is 2.87. The molecule has 2 amide bonds. The largest absolute Gasteiger partial charge is 0.338 e. The van der Waals surface area contributed by atoms with Crippen molar-refractivity contribution < 1.29 is 4.79 Å². The predicted molar refractivity (Wildman–Crippen MR) is 93.8 cm³/mol. The Kier molecular flexibility index (Phi) is 5.57. The number of carbonyl (C=O) groups excluding carboxylic acids is 1. The lowest BCUT2D eigenvalue weighted by atomic mass is 10.2. The van der Waals surface area contributed by atoms with Gasteiger partial charge < -0.3 is 10.6 Å². The van der Waals surface area contributed by atoms with Gasteiger partial charge in [-0.2, -0.15) is 5.10 Å². The molecule has 0 aliphatic heterocycles. The minimum atomic E-state index is -0.191. The SMILES string of the molecule is O=C(NCCc1nccs1)NCc1ccn(Cc2ccccc2)n1. The van der Waals surface area contributed by atoms with Gasteiger partial charge in [-0.05, 0) is 11.6 Å². The lowest BCUT2D eigenvalue weighted by Gasteiger charge is -2.05. The highest BCUT2D eigenvalue weighted by atomic mass is 32.1. The molecule has 24 heavy (non-hydrogen) atoms. The molecule has 6 nitrogen and oxygen atoms in total. The van der Waals surface area contributed by atoms with Crippen molar-refractivity contribution in [2.45, 2.75) is 19.5 Å². The first-order valence-electron chi connectivity index (χ1n) is 7.76. The Morgan fingerprint density at radius 1 is 1.17 bits per heavy atom. The molecule has 0 fully saturated rings. The van der Waals surface area contributed by atoms with Gasteiger partial charge in [0.1, 0.15) is 0 Å². The van der Waals surface area contributed by atoms with Gasteiger partial charge in [0, 0.05) is 30.7 Å². The van der Waals surface area contributed by atoms with Crippen molar-refractivity contribution in [3.05, 3.63) is 70.4 Å². The number of benzene rings is 1. The first kappa shape index (κ1) is 16.2. The summed E-state index contributed by atoms with van der Waals surface area (Å²) < 4.78 is 1.87. The van der Waals surface area contributed by atoms with Crippen molar-refractivity contribution in [1.82, 2.24) is 25.4 Å². The summed E-state index contributed by atoms with van der Waals surface area (Å²) in [7, 11) is 0. The predicted octanol–water partition coefficient (Wildman–Crippen LogP) is 2.43. The molecule has 0 radical (unpaired) electrons. The van der Waals surface area contributed by atoms with Crippen molar-refractivity contribution in [2.75, 3.05) is 6.54 Å². The van der Waals surface area contributed by atoms with Crippen LogP contribution in [0, 0.1) is 0 Å². The van der Waals surface area contributed by atoms with Crippen LogP contribution in [0.2, 0.25) is 0 Å². The number of hydrogen-bond donors (Lipinski definition) is 2. The molecule has 3 aromatic rings. The van der Waals surface area contributed by atoms with E-state index in [1.165, 1.54) is 5.56 Å². The van der Waals surface area contributed by atoms with E-state index in [2.05, 4.69) is 32.8 Å². The van der Waals surface area contributed by atoms with E-state index in [9.17, 15) is 4.79 Å². The molecule has 0 bridgehead atoms. The van der Waals surface area contributed by atoms with Gasteiger partial charge in [-0.3, -0.25) is 4.68 Å². The van der Waals surface area contributed by atoms with Gasteiger partial charge in [-0.1, -0.05) is 30.3 Å². The minimum Gasteiger partial charge on any atom is -0.338 e. The number of thiazole rings is 1. The second-order valence-corrected chi connectivity index (χ2v) is 6.25. The van der Waals surface area contributed by atoms with E-state index in [0.29, 0.717) is 13.1 Å². The average molecular weight is 341 g/mol. The molecule has 0 saturated carbocycles. The zero-order chi connectivity index (χ0) is 16.6. The van der Waals surface area contributed by atoms with Crippen molar-refractivity contribution in [2.24, 2.45) is 0 Å². The van der Waals surface area contributed by atoms with Gasteiger partial charge in [-0.25, -0.2) is 9.78 Å². The number of carbonyl (C=O) groups is 1. The quantitative estimate of drug-likeness (QED) is 0.693. The zero-order valence-corrected chi connectivity index (χ0v) is 14.0. The standard InChI is InChI=1S/C17H19N5OS/c23-17(19-8-6-16-18-9-11-24-16)20-12-15-7-10-22(21-15)13-14-4-2-1-3-5-14/h1-5,7,9-11H,6,8,12-13H2,(H2,19,20,23). The Balaban J connectivity index is 1.39. The normalized spacial score (nSPS) is 10.5. The van der Waals surface area contributed by atoms with Gasteiger partial charge in [0.2, 0.25) is 0 Å². The van der Waals surface area contributed by atoms with Crippen molar-refractivity contribution >= 4 is 17.4 Å². The van der Waals surface area contributed by atoms with E-state index in [4.69, 9.17) is 0 Å². The molecule has 2 N–H and O–H groups in total. The summed E-state index contributed by atoms with van der Waals surface area (Å²) in [4.78, 5) is 15.9. The van der Waals surface area contributed by atoms with Crippen LogP contribution < -0.4 is 10.6 Å². The third kappa shape index (κ3) is 4.92. The van der Waals surface area contributed by atoms with Gasteiger partial charge in [0.05, 0.1) is 23.8 Å². The lowest BCUT2D eigenvalue weighted by Crippen LogP contribution is -2.36. The molecule has 0 spiro atoms. The van der Waals surface area contributed by atoms with Crippen molar-refractivity contribution in [1.29, 1.82) is 0 Å². The van der Waals surface area contributed by atoms with Crippen LogP contribution in [0.25, 0.3) is 0 Å². The molecule has 0 saturated heterocycles. The highest BCUT2D eigenvalue weighted by Crippen LogP contribution is 2.04. The summed E-state index contributed by atoms with van der Waals surface area (Å²) in [5, 5.41) is 13.1.